The molecule has 0 bridgehead atoms. The van der Waals surface area contributed by atoms with Gasteiger partial charge in [-0.05, 0) is 80.5 Å². The molecule has 0 unspecified atom stereocenters. The van der Waals surface area contributed by atoms with Crippen LogP contribution in [0.5, 0.6) is 5.75 Å². The Morgan fingerprint density at radius 1 is 1.06 bits per heavy atom. The van der Waals surface area contributed by atoms with Crippen LogP contribution < -0.4 is 10.1 Å². The lowest BCUT2D eigenvalue weighted by molar-refractivity contribution is -0.129. The molecule has 2 amide bonds. The molecular formula is C25H32N2O3S. The lowest BCUT2D eigenvalue weighted by atomic mass is 9.90. The molecule has 0 aromatic heterocycles. The van der Waals surface area contributed by atoms with E-state index < -0.39 is 0 Å². The summed E-state index contributed by atoms with van der Waals surface area (Å²) in [5, 5.41) is 2.75. The maximum absolute atomic E-state index is 12.6. The van der Waals surface area contributed by atoms with Crippen LogP contribution in [-0.2, 0) is 16.0 Å². The molecule has 1 aliphatic rings. The number of thioether (sulfide) groups is 1. The molecule has 31 heavy (non-hydrogen) atoms. The van der Waals surface area contributed by atoms with E-state index in [-0.39, 0.29) is 11.8 Å². The Morgan fingerprint density at radius 3 is 2.35 bits per heavy atom. The molecule has 0 atom stereocenters. The number of ether oxygens (including phenoxy) is 1. The summed E-state index contributed by atoms with van der Waals surface area (Å²) in [6.45, 7) is 5.89. The number of benzene rings is 2. The predicted octanol–water partition coefficient (Wildman–Crippen LogP) is 5.01. The zero-order chi connectivity index (χ0) is 22.1. The quantitative estimate of drug-likeness (QED) is 0.557. The molecule has 0 radical (unpaired) electrons. The number of nitrogens with one attached hydrogen (secondary N) is 1. The van der Waals surface area contributed by atoms with Crippen molar-refractivity contribution in [1.82, 2.24) is 4.90 Å². The number of anilines is 1. The number of carbonyl (C=O) groups is 2. The smallest absolute Gasteiger partial charge is 0.232 e. The molecule has 1 saturated heterocycles. The normalized spacial score (nSPS) is 14.3. The van der Waals surface area contributed by atoms with Crippen LogP contribution in [0.2, 0.25) is 0 Å². The van der Waals surface area contributed by atoms with Gasteiger partial charge in [-0.1, -0.05) is 12.1 Å². The highest BCUT2D eigenvalue weighted by atomic mass is 32.2. The summed E-state index contributed by atoms with van der Waals surface area (Å²) in [5.74, 6) is 2.19. The third-order valence-corrected chi connectivity index (χ3v) is 6.58. The van der Waals surface area contributed by atoms with E-state index in [4.69, 9.17) is 4.74 Å². The lowest BCUT2D eigenvalue weighted by Crippen LogP contribution is -2.39. The second-order valence-electron chi connectivity index (χ2n) is 7.93. The average molecular weight is 441 g/mol. The first-order valence-corrected chi connectivity index (χ1v) is 12.0. The molecular weight excluding hydrogens is 408 g/mol. The van der Waals surface area contributed by atoms with Gasteiger partial charge in [0.05, 0.1) is 12.4 Å². The van der Waals surface area contributed by atoms with Crippen LogP contribution in [0, 0.1) is 5.92 Å². The van der Waals surface area contributed by atoms with Gasteiger partial charge >= 0.3 is 0 Å². The van der Waals surface area contributed by atoms with Crippen molar-refractivity contribution < 1.29 is 14.3 Å². The highest BCUT2D eigenvalue weighted by Gasteiger charge is 2.22. The second kappa shape index (κ2) is 11.8. The van der Waals surface area contributed by atoms with Crippen LogP contribution in [0.3, 0.4) is 0 Å². The Labute approximate surface area is 189 Å². The SMILES string of the molecule is CCOc1ccc(CCC2CCN(C(=O)CSc3ccc(NC(C)=O)cc3)CC2)cc1. The summed E-state index contributed by atoms with van der Waals surface area (Å²) in [7, 11) is 0. The molecule has 5 nitrogen and oxygen atoms in total. The fraction of sp³-hybridized carbons (Fsp3) is 0.440. The van der Waals surface area contributed by atoms with E-state index in [0.717, 1.165) is 48.7 Å². The van der Waals surface area contributed by atoms with Crippen LogP contribution in [0.25, 0.3) is 0 Å². The standard InChI is InChI=1S/C25H32N2O3S/c1-3-30-23-10-6-20(7-11-23)4-5-21-14-16-27(17-15-21)25(29)18-31-24-12-8-22(9-13-24)26-19(2)28/h6-13,21H,3-5,14-18H2,1-2H3,(H,26,28). The Bertz CT molecular complexity index is 844. The van der Waals surface area contributed by atoms with Gasteiger partial charge in [0.2, 0.25) is 11.8 Å². The van der Waals surface area contributed by atoms with Gasteiger partial charge in [-0.2, -0.15) is 0 Å². The number of piperidine rings is 1. The van der Waals surface area contributed by atoms with E-state index in [1.165, 1.54) is 18.9 Å². The maximum Gasteiger partial charge on any atom is 0.232 e. The molecule has 0 spiro atoms. The molecule has 1 fully saturated rings. The molecule has 0 saturated carbocycles. The highest BCUT2D eigenvalue weighted by Crippen LogP contribution is 2.25. The molecule has 1 aliphatic heterocycles. The van der Waals surface area contributed by atoms with Crippen molar-refractivity contribution in [2.45, 2.75) is 44.4 Å². The Morgan fingerprint density at radius 2 is 1.74 bits per heavy atom. The zero-order valence-corrected chi connectivity index (χ0v) is 19.2. The third-order valence-electron chi connectivity index (χ3n) is 5.58. The number of hydrogen-bond donors (Lipinski definition) is 1. The van der Waals surface area contributed by atoms with Gasteiger partial charge in [-0.25, -0.2) is 0 Å². The topological polar surface area (TPSA) is 58.6 Å². The summed E-state index contributed by atoms with van der Waals surface area (Å²) in [6.07, 6.45) is 4.42. The summed E-state index contributed by atoms with van der Waals surface area (Å²) < 4.78 is 5.50. The number of likely N-dealkylation sites (tertiary alicyclic amines) is 1. The zero-order valence-electron chi connectivity index (χ0n) is 18.4. The van der Waals surface area contributed by atoms with Gasteiger partial charge in [0, 0.05) is 30.6 Å². The molecule has 1 heterocycles. The number of hydrogen-bond acceptors (Lipinski definition) is 4. The Balaban J connectivity index is 1.36. The Hall–Kier alpha value is -2.47. The van der Waals surface area contributed by atoms with E-state index in [1.54, 1.807) is 11.8 Å². The number of carbonyl (C=O) groups excluding carboxylic acids is 2. The average Bonchev–Trinajstić information content (AvgIpc) is 2.78. The fourth-order valence-electron chi connectivity index (χ4n) is 3.83. The number of aryl methyl sites for hydroxylation is 1. The van der Waals surface area contributed by atoms with E-state index in [2.05, 4.69) is 17.4 Å². The van der Waals surface area contributed by atoms with Crippen LogP contribution >= 0.6 is 11.8 Å². The van der Waals surface area contributed by atoms with Gasteiger partial charge in [0.15, 0.2) is 0 Å². The number of amides is 2. The van der Waals surface area contributed by atoms with E-state index in [9.17, 15) is 9.59 Å². The summed E-state index contributed by atoms with van der Waals surface area (Å²) in [6, 6.07) is 16.0. The van der Waals surface area contributed by atoms with Crippen molar-refractivity contribution in [2.24, 2.45) is 5.92 Å². The molecule has 2 aromatic rings. The summed E-state index contributed by atoms with van der Waals surface area (Å²) in [5.41, 5.74) is 2.12. The molecule has 3 rings (SSSR count). The highest BCUT2D eigenvalue weighted by molar-refractivity contribution is 8.00. The van der Waals surface area contributed by atoms with Crippen molar-refractivity contribution in [3.05, 3.63) is 54.1 Å². The first kappa shape index (κ1) is 23.2. The van der Waals surface area contributed by atoms with Crippen molar-refractivity contribution >= 4 is 29.3 Å². The largest absolute Gasteiger partial charge is 0.494 e. The number of rotatable bonds is 9. The summed E-state index contributed by atoms with van der Waals surface area (Å²) in [4.78, 5) is 26.7. The van der Waals surface area contributed by atoms with Gasteiger partial charge in [0.1, 0.15) is 5.75 Å². The van der Waals surface area contributed by atoms with E-state index >= 15 is 0 Å². The van der Waals surface area contributed by atoms with Crippen LogP contribution in [0.1, 0.15) is 38.7 Å². The third kappa shape index (κ3) is 7.62. The van der Waals surface area contributed by atoms with Crippen LogP contribution in [0.15, 0.2) is 53.4 Å². The lowest BCUT2D eigenvalue weighted by Gasteiger charge is -2.32. The van der Waals surface area contributed by atoms with Crippen LogP contribution in [-0.4, -0.2) is 42.2 Å². The maximum atomic E-state index is 12.6. The van der Waals surface area contributed by atoms with E-state index in [1.807, 2.05) is 48.2 Å². The Kier molecular flexibility index (Phi) is 8.83. The first-order valence-electron chi connectivity index (χ1n) is 11.0. The monoisotopic (exact) mass is 440 g/mol. The minimum absolute atomic E-state index is 0.0848. The number of nitrogens with zero attached hydrogens (tertiary/aromatic N) is 1. The molecule has 0 aliphatic carbocycles. The van der Waals surface area contributed by atoms with Gasteiger partial charge in [-0.3, -0.25) is 9.59 Å². The van der Waals surface area contributed by atoms with Crippen molar-refractivity contribution in [2.75, 3.05) is 30.8 Å². The van der Waals surface area contributed by atoms with Crippen LogP contribution in [0.4, 0.5) is 5.69 Å². The first-order chi connectivity index (χ1) is 15.0. The minimum atomic E-state index is -0.0848. The molecule has 1 N–H and O–H groups in total. The molecule has 6 heteroatoms. The van der Waals surface area contributed by atoms with E-state index in [0.29, 0.717) is 18.3 Å². The minimum Gasteiger partial charge on any atom is -0.494 e. The van der Waals surface area contributed by atoms with Crippen molar-refractivity contribution in [1.29, 1.82) is 0 Å². The predicted molar refractivity (Wildman–Crippen MR) is 127 cm³/mol. The summed E-state index contributed by atoms with van der Waals surface area (Å²) >= 11 is 1.55. The van der Waals surface area contributed by atoms with Gasteiger partial charge in [-0.15, -0.1) is 11.8 Å². The van der Waals surface area contributed by atoms with Crippen molar-refractivity contribution in [3.63, 3.8) is 0 Å². The van der Waals surface area contributed by atoms with Gasteiger partial charge in [0.25, 0.3) is 0 Å². The molecule has 166 valence electrons. The second-order valence-corrected chi connectivity index (χ2v) is 8.98. The molecule has 2 aromatic carbocycles. The van der Waals surface area contributed by atoms with Crippen molar-refractivity contribution in [3.8, 4) is 5.75 Å². The van der Waals surface area contributed by atoms with Gasteiger partial charge < -0.3 is 15.0 Å². The fourth-order valence-corrected chi connectivity index (χ4v) is 4.64.